The first-order valence-corrected chi connectivity index (χ1v) is 6.49. The summed E-state index contributed by atoms with van der Waals surface area (Å²) in [4.78, 5) is 23.0. The van der Waals surface area contributed by atoms with Crippen molar-refractivity contribution in [2.75, 3.05) is 14.2 Å². The lowest BCUT2D eigenvalue weighted by atomic mass is 10.0. The minimum atomic E-state index is -0.499. The molecule has 0 spiro atoms. The molecule has 0 aromatic heterocycles. The number of ketones is 1. The average molecular weight is 301 g/mol. The monoisotopic (exact) mass is 301 g/mol. The summed E-state index contributed by atoms with van der Waals surface area (Å²) in [7, 11) is 2.98. The van der Waals surface area contributed by atoms with E-state index in [-0.39, 0.29) is 17.0 Å². The molecule has 0 unspecified atom stereocenters. The highest BCUT2D eigenvalue weighted by atomic mass is 16.6. The van der Waals surface area contributed by atoms with Crippen LogP contribution < -0.4 is 9.47 Å². The first-order chi connectivity index (χ1) is 10.5. The van der Waals surface area contributed by atoms with Gasteiger partial charge in [0.05, 0.1) is 19.1 Å². The molecule has 0 amide bonds. The molecule has 6 nitrogen and oxygen atoms in total. The number of hydrogen-bond donors (Lipinski definition) is 0. The Balaban J connectivity index is 2.44. The number of aryl methyl sites for hydroxylation is 1. The van der Waals surface area contributed by atoms with Gasteiger partial charge in [0.2, 0.25) is 0 Å². The van der Waals surface area contributed by atoms with Crippen molar-refractivity contribution in [3.8, 4) is 11.5 Å². The van der Waals surface area contributed by atoms with Gasteiger partial charge in [0.1, 0.15) is 0 Å². The van der Waals surface area contributed by atoms with E-state index in [0.717, 1.165) is 0 Å². The fourth-order valence-electron chi connectivity index (χ4n) is 2.09. The van der Waals surface area contributed by atoms with Gasteiger partial charge in [0, 0.05) is 22.8 Å². The third kappa shape index (κ3) is 2.90. The molecule has 114 valence electrons. The van der Waals surface area contributed by atoms with Gasteiger partial charge in [0.25, 0.3) is 5.69 Å². The number of nitro benzene ring substituents is 1. The Morgan fingerprint density at radius 1 is 1.00 bits per heavy atom. The molecule has 0 saturated carbocycles. The molecule has 6 heteroatoms. The van der Waals surface area contributed by atoms with Crippen LogP contribution in [0.4, 0.5) is 5.69 Å². The summed E-state index contributed by atoms with van der Waals surface area (Å²) in [5.74, 6) is 0.618. The first kappa shape index (κ1) is 15.5. The van der Waals surface area contributed by atoms with Crippen LogP contribution in [0, 0.1) is 17.0 Å². The molecule has 2 aromatic rings. The highest BCUT2D eigenvalue weighted by Gasteiger charge is 2.17. The first-order valence-electron chi connectivity index (χ1n) is 6.49. The van der Waals surface area contributed by atoms with E-state index in [0.29, 0.717) is 22.6 Å². The van der Waals surface area contributed by atoms with Crippen LogP contribution >= 0.6 is 0 Å². The number of nitro groups is 1. The SMILES string of the molecule is COc1ccc(C(=O)c2ccc(C)c([N+](=O)[O-])c2)cc1OC. The van der Waals surface area contributed by atoms with Gasteiger partial charge < -0.3 is 9.47 Å². The van der Waals surface area contributed by atoms with Gasteiger partial charge in [-0.15, -0.1) is 0 Å². The van der Waals surface area contributed by atoms with Crippen molar-refractivity contribution in [2.24, 2.45) is 0 Å². The van der Waals surface area contributed by atoms with Crippen molar-refractivity contribution in [2.45, 2.75) is 6.92 Å². The molecule has 0 bridgehead atoms. The predicted octanol–water partition coefficient (Wildman–Crippen LogP) is 3.15. The zero-order chi connectivity index (χ0) is 16.3. The number of nitrogens with zero attached hydrogens (tertiary/aromatic N) is 1. The Kier molecular flexibility index (Phi) is 4.41. The molecule has 0 aliphatic carbocycles. The van der Waals surface area contributed by atoms with E-state index in [1.807, 2.05) is 0 Å². The van der Waals surface area contributed by atoms with E-state index < -0.39 is 4.92 Å². The maximum absolute atomic E-state index is 12.5. The van der Waals surface area contributed by atoms with Gasteiger partial charge in [-0.2, -0.15) is 0 Å². The zero-order valence-electron chi connectivity index (χ0n) is 12.5. The molecule has 22 heavy (non-hydrogen) atoms. The van der Waals surface area contributed by atoms with Crippen molar-refractivity contribution < 1.29 is 19.2 Å². The van der Waals surface area contributed by atoms with Crippen LogP contribution in [0.1, 0.15) is 21.5 Å². The normalized spacial score (nSPS) is 10.1. The van der Waals surface area contributed by atoms with E-state index in [1.54, 1.807) is 37.3 Å². The molecule has 0 aliphatic heterocycles. The Labute approximate surface area is 127 Å². The molecule has 0 aliphatic rings. The average Bonchev–Trinajstić information content (AvgIpc) is 2.53. The Morgan fingerprint density at radius 3 is 2.18 bits per heavy atom. The number of carbonyl (C=O) groups is 1. The predicted molar refractivity (Wildman–Crippen MR) is 80.8 cm³/mol. The van der Waals surface area contributed by atoms with Crippen molar-refractivity contribution in [3.63, 3.8) is 0 Å². The topological polar surface area (TPSA) is 78.7 Å². The number of ether oxygens (including phenoxy) is 2. The second kappa shape index (κ2) is 6.26. The van der Waals surface area contributed by atoms with Crippen LogP contribution in [0.2, 0.25) is 0 Å². The Morgan fingerprint density at radius 2 is 1.59 bits per heavy atom. The summed E-state index contributed by atoms with van der Waals surface area (Å²) >= 11 is 0. The number of hydrogen-bond acceptors (Lipinski definition) is 5. The van der Waals surface area contributed by atoms with Gasteiger partial charge in [-0.05, 0) is 25.1 Å². The standard InChI is InChI=1S/C16H15NO5/c1-10-4-5-11(8-13(10)17(19)20)16(18)12-6-7-14(21-2)15(9-12)22-3/h4-9H,1-3H3. The highest BCUT2D eigenvalue weighted by molar-refractivity contribution is 6.09. The van der Waals surface area contributed by atoms with Crippen LogP contribution in [0.25, 0.3) is 0 Å². The number of benzene rings is 2. The molecule has 0 atom stereocenters. The molecule has 0 saturated heterocycles. The van der Waals surface area contributed by atoms with Crippen molar-refractivity contribution >= 4 is 11.5 Å². The van der Waals surface area contributed by atoms with Gasteiger partial charge in [-0.1, -0.05) is 12.1 Å². The largest absolute Gasteiger partial charge is 0.493 e. The third-order valence-electron chi connectivity index (χ3n) is 3.31. The molecular formula is C16H15NO5. The molecular weight excluding hydrogens is 286 g/mol. The van der Waals surface area contributed by atoms with Gasteiger partial charge in [-0.25, -0.2) is 0 Å². The molecule has 2 aromatic carbocycles. The van der Waals surface area contributed by atoms with Crippen LogP contribution in [-0.2, 0) is 0 Å². The summed E-state index contributed by atoms with van der Waals surface area (Å²) in [6, 6.07) is 9.18. The van der Waals surface area contributed by atoms with E-state index in [4.69, 9.17) is 9.47 Å². The second-order valence-electron chi connectivity index (χ2n) is 4.66. The summed E-state index contributed by atoms with van der Waals surface area (Å²) < 4.78 is 10.3. The second-order valence-corrected chi connectivity index (χ2v) is 4.66. The van der Waals surface area contributed by atoms with Crippen LogP contribution in [-0.4, -0.2) is 24.9 Å². The van der Waals surface area contributed by atoms with Crippen molar-refractivity contribution in [3.05, 3.63) is 63.2 Å². The highest BCUT2D eigenvalue weighted by Crippen LogP contribution is 2.29. The summed E-state index contributed by atoms with van der Waals surface area (Å²) in [5, 5.41) is 11.0. The minimum Gasteiger partial charge on any atom is -0.493 e. The maximum atomic E-state index is 12.5. The lowest BCUT2D eigenvalue weighted by Gasteiger charge is -2.09. The quantitative estimate of drug-likeness (QED) is 0.481. The van der Waals surface area contributed by atoms with Crippen LogP contribution in [0.15, 0.2) is 36.4 Å². The van der Waals surface area contributed by atoms with Gasteiger partial charge >= 0.3 is 0 Å². The van der Waals surface area contributed by atoms with Crippen LogP contribution in [0.3, 0.4) is 0 Å². The van der Waals surface area contributed by atoms with E-state index in [2.05, 4.69) is 0 Å². The molecule has 0 radical (unpaired) electrons. The maximum Gasteiger partial charge on any atom is 0.273 e. The fourth-order valence-corrected chi connectivity index (χ4v) is 2.09. The Bertz CT molecular complexity index is 739. The number of rotatable bonds is 5. The van der Waals surface area contributed by atoms with Gasteiger partial charge in [-0.3, -0.25) is 14.9 Å². The van der Waals surface area contributed by atoms with E-state index in [1.165, 1.54) is 20.3 Å². The van der Waals surface area contributed by atoms with Gasteiger partial charge in [0.15, 0.2) is 17.3 Å². The zero-order valence-corrected chi connectivity index (χ0v) is 12.5. The van der Waals surface area contributed by atoms with Crippen molar-refractivity contribution in [1.29, 1.82) is 0 Å². The van der Waals surface area contributed by atoms with Crippen LogP contribution in [0.5, 0.6) is 11.5 Å². The van der Waals surface area contributed by atoms with E-state index >= 15 is 0 Å². The van der Waals surface area contributed by atoms with E-state index in [9.17, 15) is 14.9 Å². The third-order valence-corrected chi connectivity index (χ3v) is 3.31. The molecule has 2 rings (SSSR count). The fraction of sp³-hybridized carbons (Fsp3) is 0.188. The summed E-state index contributed by atoms with van der Waals surface area (Å²) in [6.45, 7) is 1.63. The minimum absolute atomic E-state index is 0.0775. The summed E-state index contributed by atoms with van der Waals surface area (Å²) in [5.41, 5.74) is 1.06. The number of carbonyl (C=O) groups excluding carboxylic acids is 1. The summed E-state index contributed by atoms with van der Waals surface area (Å²) in [6.07, 6.45) is 0. The lowest BCUT2D eigenvalue weighted by molar-refractivity contribution is -0.385. The van der Waals surface area contributed by atoms with Crippen molar-refractivity contribution in [1.82, 2.24) is 0 Å². The molecule has 0 fully saturated rings. The Hall–Kier alpha value is -2.89. The smallest absolute Gasteiger partial charge is 0.273 e. The number of methoxy groups -OCH3 is 2. The molecule has 0 heterocycles. The molecule has 0 N–H and O–H groups in total. The lowest BCUT2D eigenvalue weighted by Crippen LogP contribution is -2.04.